The molecule has 1 heterocycles. The Balaban J connectivity index is 2.25. The maximum atomic E-state index is 12.2. The highest BCUT2D eigenvalue weighted by atomic mass is 16.5. The summed E-state index contributed by atoms with van der Waals surface area (Å²) < 4.78 is 4.84. The van der Waals surface area contributed by atoms with E-state index in [0.717, 1.165) is 11.1 Å². The number of aryl methyl sites for hydroxylation is 1. The minimum atomic E-state index is -0.648. The van der Waals surface area contributed by atoms with Crippen LogP contribution < -0.4 is 0 Å². The summed E-state index contributed by atoms with van der Waals surface area (Å²) in [6.07, 6.45) is 1.73. The maximum absolute atomic E-state index is 12.2. The van der Waals surface area contributed by atoms with E-state index >= 15 is 0 Å². The molecule has 1 aliphatic rings. The highest BCUT2D eigenvalue weighted by molar-refractivity contribution is 6.73. The maximum Gasteiger partial charge on any atom is 0.360 e. The average molecular weight is 257 g/mol. The third kappa shape index (κ3) is 2.78. The highest BCUT2D eigenvalue weighted by Crippen LogP contribution is 2.19. The Morgan fingerprint density at radius 3 is 2.63 bits per heavy atom. The fraction of sp³-hybridized carbons (Fsp3) is 0.267. The number of rotatable bonds is 3. The van der Waals surface area contributed by atoms with E-state index in [1.54, 1.807) is 13.0 Å². The van der Waals surface area contributed by atoms with Gasteiger partial charge >= 0.3 is 5.97 Å². The van der Waals surface area contributed by atoms with Crippen LogP contribution >= 0.6 is 0 Å². The SMILES string of the molecule is CCOC(=O)C1=NCC=C(c2ccc(C)cc2)C1=O. The number of carbonyl (C=O) groups is 2. The number of benzene rings is 1. The molecule has 1 aromatic rings. The Morgan fingerprint density at radius 2 is 2.00 bits per heavy atom. The number of Topliss-reactive ketones (excluding diaryl/α,β-unsaturated/α-hetero) is 1. The second kappa shape index (κ2) is 5.61. The minimum absolute atomic E-state index is 0.111. The summed E-state index contributed by atoms with van der Waals surface area (Å²) in [5.41, 5.74) is 2.32. The summed E-state index contributed by atoms with van der Waals surface area (Å²) in [4.78, 5) is 27.8. The number of esters is 1. The van der Waals surface area contributed by atoms with Gasteiger partial charge in [0, 0.05) is 5.57 Å². The Morgan fingerprint density at radius 1 is 1.32 bits per heavy atom. The van der Waals surface area contributed by atoms with Crippen molar-refractivity contribution in [3.8, 4) is 0 Å². The summed E-state index contributed by atoms with van der Waals surface area (Å²) in [7, 11) is 0. The number of hydrogen-bond donors (Lipinski definition) is 0. The van der Waals surface area contributed by atoms with Gasteiger partial charge in [0.1, 0.15) is 0 Å². The molecule has 0 atom stereocenters. The first kappa shape index (κ1) is 13.2. The molecule has 98 valence electrons. The third-order valence-electron chi connectivity index (χ3n) is 2.84. The van der Waals surface area contributed by atoms with E-state index in [1.165, 1.54) is 0 Å². The number of carbonyl (C=O) groups excluding carboxylic acids is 2. The van der Waals surface area contributed by atoms with Crippen molar-refractivity contribution in [2.45, 2.75) is 13.8 Å². The van der Waals surface area contributed by atoms with Crippen LogP contribution in [-0.4, -0.2) is 30.6 Å². The first-order chi connectivity index (χ1) is 9.13. The number of aliphatic imine (C=N–C) groups is 1. The van der Waals surface area contributed by atoms with E-state index in [-0.39, 0.29) is 18.1 Å². The topological polar surface area (TPSA) is 55.7 Å². The predicted octanol–water partition coefficient (Wildman–Crippen LogP) is 1.97. The number of dihydropyridines is 1. The minimum Gasteiger partial charge on any atom is -0.461 e. The van der Waals surface area contributed by atoms with Crippen molar-refractivity contribution in [3.05, 3.63) is 41.5 Å². The van der Waals surface area contributed by atoms with Gasteiger partial charge in [-0.15, -0.1) is 0 Å². The Labute approximate surface area is 111 Å². The molecule has 0 saturated heterocycles. The van der Waals surface area contributed by atoms with Crippen LogP contribution in [0.25, 0.3) is 5.57 Å². The van der Waals surface area contributed by atoms with Crippen molar-refractivity contribution < 1.29 is 14.3 Å². The van der Waals surface area contributed by atoms with E-state index in [0.29, 0.717) is 12.1 Å². The number of nitrogens with zero attached hydrogens (tertiary/aromatic N) is 1. The Bertz CT molecular complexity index is 568. The summed E-state index contributed by atoms with van der Waals surface area (Å²) in [6.45, 7) is 4.23. The largest absolute Gasteiger partial charge is 0.461 e. The van der Waals surface area contributed by atoms with Crippen molar-refractivity contribution >= 4 is 23.0 Å². The van der Waals surface area contributed by atoms with Crippen molar-refractivity contribution in [1.82, 2.24) is 0 Å². The lowest BCUT2D eigenvalue weighted by Crippen LogP contribution is -2.29. The fourth-order valence-corrected chi connectivity index (χ4v) is 1.86. The van der Waals surface area contributed by atoms with Crippen molar-refractivity contribution in [2.24, 2.45) is 4.99 Å². The predicted molar refractivity (Wildman–Crippen MR) is 73.1 cm³/mol. The molecular formula is C15H15NO3. The Hall–Kier alpha value is -2.23. The third-order valence-corrected chi connectivity index (χ3v) is 2.84. The molecule has 4 nitrogen and oxygen atoms in total. The lowest BCUT2D eigenvalue weighted by molar-refractivity contribution is -0.135. The van der Waals surface area contributed by atoms with Gasteiger partial charge in [0.25, 0.3) is 0 Å². The zero-order valence-corrected chi connectivity index (χ0v) is 11.0. The van der Waals surface area contributed by atoms with Crippen molar-refractivity contribution in [3.63, 3.8) is 0 Å². The normalized spacial score (nSPS) is 14.7. The van der Waals surface area contributed by atoms with Gasteiger partial charge in [-0.05, 0) is 19.4 Å². The second-order valence-electron chi connectivity index (χ2n) is 4.22. The van der Waals surface area contributed by atoms with Crippen LogP contribution in [-0.2, 0) is 14.3 Å². The van der Waals surface area contributed by atoms with Crippen LogP contribution in [0.5, 0.6) is 0 Å². The molecule has 0 aliphatic carbocycles. The molecule has 0 aromatic heterocycles. The van der Waals surface area contributed by atoms with Gasteiger partial charge in [0.05, 0.1) is 13.2 Å². The van der Waals surface area contributed by atoms with Gasteiger partial charge in [-0.1, -0.05) is 35.9 Å². The molecule has 0 saturated carbocycles. The van der Waals surface area contributed by atoms with E-state index in [9.17, 15) is 9.59 Å². The van der Waals surface area contributed by atoms with E-state index in [2.05, 4.69) is 4.99 Å². The monoisotopic (exact) mass is 257 g/mol. The first-order valence-corrected chi connectivity index (χ1v) is 6.17. The van der Waals surface area contributed by atoms with Crippen LogP contribution in [0.15, 0.2) is 35.3 Å². The van der Waals surface area contributed by atoms with Crippen LogP contribution in [0.1, 0.15) is 18.1 Å². The molecular weight excluding hydrogens is 242 g/mol. The van der Waals surface area contributed by atoms with Crippen LogP contribution in [0, 0.1) is 6.92 Å². The quantitative estimate of drug-likeness (QED) is 0.778. The Kier molecular flexibility index (Phi) is 3.90. The zero-order valence-electron chi connectivity index (χ0n) is 11.0. The standard InChI is InChI=1S/C15H15NO3/c1-3-19-15(18)13-14(17)12(8-9-16-13)11-6-4-10(2)5-7-11/h4-8H,3,9H2,1-2H3. The summed E-state index contributed by atoms with van der Waals surface area (Å²) in [6, 6.07) is 7.60. The average Bonchev–Trinajstić information content (AvgIpc) is 2.40. The molecule has 0 unspecified atom stereocenters. The molecule has 0 bridgehead atoms. The van der Waals surface area contributed by atoms with Crippen LogP contribution in [0.2, 0.25) is 0 Å². The van der Waals surface area contributed by atoms with Gasteiger partial charge in [0.15, 0.2) is 5.71 Å². The van der Waals surface area contributed by atoms with E-state index in [1.807, 2.05) is 31.2 Å². The second-order valence-corrected chi connectivity index (χ2v) is 4.22. The van der Waals surface area contributed by atoms with Crippen molar-refractivity contribution in [2.75, 3.05) is 13.2 Å². The number of allylic oxidation sites excluding steroid dienone is 1. The number of ether oxygens (including phenoxy) is 1. The van der Waals surface area contributed by atoms with Gasteiger partial charge in [0.2, 0.25) is 5.78 Å². The summed E-state index contributed by atoms with van der Waals surface area (Å²) in [5.74, 6) is -1.02. The molecule has 4 heteroatoms. The van der Waals surface area contributed by atoms with E-state index < -0.39 is 5.97 Å². The van der Waals surface area contributed by atoms with Gasteiger partial charge < -0.3 is 4.74 Å². The van der Waals surface area contributed by atoms with Gasteiger partial charge in [-0.25, -0.2) is 4.79 Å². The van der Waals surface area contributed by atoms with E-state index in [4.69, 9.17) is 4.74 Å². The molecule has 2 rings (SSSR count). The summed E-state index contributed by atoms with van der Waals surface area (Å²) in [5, 5.41) is 0. The number of hydrogen-bond acceptors (Lipinski definition) is 4. The lowest BCUT2D eigenvalue weighted by atomic mass is 9.96. The fourth-order valence-electron chi connectivity index (χ4n) is 1.86. The number of ketones is 1. The lowest BCUT2D eigenvalue weighted by Gasteiger charge is -2.12. The molecule has 0 fully saturated rings. The van der Waals surface area contributed by atoms with Crippen molar-refractivity contribution in [1.29, 1.82) is 0 Å². The molecule has 0 amide bonds. The smallest absolute Gasteiger partial charge is 0.360 e. The molecule has 1 aromatic carbocycles. The van der Waals surface area contributed by atoms with Gasteiger partial charge in [-0.2, -0.15) is 0 Å². The highest BCUT2D eigenvalue weighted by Gasteiger charge is 2.27. The molecule has 0 N–H and O–H groups in total. The zero-order chi connectivity index (χ0) is 13.8. The molecule has 1 aliphatic heterocycles. The molecule has 19 heavy (non-hydrogen) atoms. The first-order valence-electron chi connectivity index (χ1n) is 6.17. The van der Waals surface area contributed by atoms with Gasteiger partial charge in [-0.3, -0.25) is 9.79 Å². The molecule has 0 spiro atoms. The van der Waals surface area contributed by atoms with Crippen LogP contribution in [0.4, 0.5) is 0 Å². The summed E-state index contributed by atoms with van der Waals surface area (Å²) >= 11 is 0. The van der Waals surface area contributed by atoms with Crippen LogP contribution in [0.3, 0.4) is 0 Å². The molecule has 0 radical (unpaired) electrons.